The van der Waals surface area contributed by atoms with Gasteiger partial charge in [-0.25, -0.2) is 8.42 Å². The average molecular weight is 305 g/mol. The van der Waals surface area contributed by atoms with Crippen molar-refractivity contribution < 1.29 is 8.42 Å². The van der Waals surface area contributed by atoms with Crippen LogP contribution in [0.4, 0.5) is 5.69 Å². The summed E-state index contributed by atoms with van der Waals surface area (Å²) in [5.41, 5.74) is 1.81. The first kappa shape index (κ1) is 15.5. The first-order valence-electron chi connectivity index (χ1n) is 6.73. The van der Waals surface area contributed by atoms with Crippen LogP contribution in [0.5, 0.6) is 0 Å². The van der Waals surface area contributed by atoms with Crippen molar-refractivity contribution in [2.75, 3.05) is 18.9 Å². The standard InChI is InChI=1S/C15H19N3O2S/c1-3-17-14-4-6-15(7-5-14)21(19,20)18(2)12-13-8-10-16-11-9-13/h4-11,17H,3,12H2,1-2H3. The number of hydrogen-bond acceptors (Lipinski definition) is 4. The molecule has 0 spiro atoms. The molecule has 0 saturated carbocycles. The van der Waals surface area contributed by atoms with Crippen LogP contribution in [0.15, 0.2) is 53.7 Å². The molecule has 1 aromatic heterocycles. The summed E-state index contributed by atoms with van der Waals surface area (Å²) in [5.74, 6) is 0. The lowest BCUT2D eigenvalue weighted by molar-refractivity contribution is 0.466. The van der Waals surface area contributed by atoms with Crippen LogP contribution in [0.3, 0.4) is 0 Å². The van der Waals surface area contributed by atoms with Crippen LogP contribution >= 0.6 is 0 Å². The van der Waals surface area contributed by atoms with E-state index in [1.165, 1.54) is 4.31 Å². The monoisotopic (exact) mass is 305 g/mol. The van der Waals surface area contributed by atoms with Crippen molar-refractivity contribution in [1.29, 1.82) is 0 Å². The van der Waals surface area contributed by atoms with Gasteiger partial charge in [0.05, 0.1) is 4.90 Å². The Bertz CT molecular complexity index is 670. The van der Waals surface area contributed by atoms with Gasteiger partial charge in [0.2, 0.25) is 10.0 Å². The molecule has 0 atom stereocenters. The topological polar surface area (TPSA) is 62.3 Å². The number of benzene rings is 1. The van der Waals surface area contributed by atoms with Crippen LogP contribution in [0.25, 0.3) is 0 Å². The highest BCUT2D eigenvalue weighted by Crippen LogP contribution is 2.18. The molecular formula is C15H19N3O2S. The molecule has 1 N–H and O–H groups in total. The van der Waals surface area contributed by atoms with Gasteiger partial charge < -0.3 is 5.32 Å². The summed E-state index contributed by atoms with van der Waals surface area (Å²) < 4.78 is 26.3. The Morgan fingerprint density at radius 1 is 1.10 bits per heavy atom. The number of sulfonamides is 1. The number of rotatable bonds is 6. The molecule has 5 nitrogen and oxygen atoms in total. The van der Waals surface area contributed by atoms with Crippen LogP contribution < -0.4 is 5.32 Å². The number of anilines is 1. The third kappa shape index (κ3) is 3.80. The summed E-state index contributed by atoms with van der Waals surface area (Å²) in [5, 5.41) is 3.14. The summed E-state index contributed by atoms with van der Waals surface area (Å²) in [6.45, 7) is 3.11. The molecule has 112 valence electrons. The molecule has 2 rings (SSSR count). The van der Waals surface area contributed by atoms with Crippen molar-refractivity contribution in [3.8, 4) is 0 Å². The van der Waals surface area contributed by atoms with Crippen molar-refractivity contribution in [2.24, 2.45) is 0 Å². The molecule has 6 heteroatoms. The summed E-state index contributed by atoms with van der Waals surface area (Å²) in [6, 6.07) is 10.4. The van der Waals surface area contributed by atoms with Crippen LogP contribution in [0, 0.1) is 0 Å². The van der Waals surface area contributed by atoms with Gasteiger partial charge in [0, 0.05) is 38.2 Å². The maximum atomic E-state index is 12.5. The van der Waals surface area contributed by atoms with E-state index in [-0.39, 0.29) is 0 Å². The highest BCUT2D eigenvalue weighted by atomic mass is 32.2. The van der Waals surface area contributed by atoms with Crippen LogP contribution in [-0.4, -0.2) is 31.3 Å². The largest absolute Gasteiger partial charge is 0.385 e. The second kappa shape index (κ2) is 6.69. The van der Waals surface area contributed by atoms with Gasteiger partial charge in [0.25, 0.3) is 0 Å². The Morgan fingerprint density at radius 3 is 2.29 bits per heavy atom. The summed E-state index contributed by atoms with van der Waals surface area (Å²) in [7, 11) is -1.91. The van der Waals surface area contributed by atoms with Crippen molar-refractivity contribution in [3.63, 3.8) is 0 Å². The van der Waals surface area contributed by atoms with Gasteiger partial charge in [0.15, 0.2) is 0 Å². The lowest BCUT2D eigenvalue weighted by atomic mass is 10.3. The van der Waals surface area contributed by atoms with E-state index in [2.05, 4.69) is 10.3 Å². The van der Waals surface area contributed by atoms with Gasteiger partial charge >= 0.3 is 0 Å². The van der Waals surface area contributed by atoms with Crippen molar-refractivity contribution in [2.45, 2.75) is 18.4 Å². The molecule has 0 aliphatic carbocycles. The zero-order chi connectivity index (χ0) is 15.3. The normalized spacial score (nSPS) is 11.6. The van der Waals surface area contributed by atoms with Gasteiger partial charge in [-0.15, -0.1) is 0 Å². The molecule has 0 bridgehead atoms. The lowest BCUT2D eigenvalue weighted by Crippen LogP contribution is -2.26. The third-order valence-electron chi connectivity index (χ3n) is 3.10. The Morgan fingerprint density at radius 2 is 1.71 bits per heavy atom. The Balaban J connectivity index is 2.16. The predicted octanol–water partition coefficient (Wildman–Crippen LogP) is 2.33. The number of nitrogens with zero attached hydrogens (tertiary/aromatic N) is 2. The molecule has 1 heterocycles. The fourth-order valence-corrected chi connectivity index (χ4v) is 3.12. The summed E-state index contributed by atoms with van der Waals surface area (Å²) in [6.07, 6.45) is 3.31. The molecule has 0 radical (unpaired) electrons. The number of hydrogen-bond donors (Lipinski definition) is 1. The maximum Gasteiger partial charge on any atom is 0.243 e. The van der Waals surface area contributed by atoms with E-state index in [1.807, 2.05) is 6.92 Å². The summed E-state index contributed by atoms with van der Waals surface area (Å²) >= 11 is 0. The number of aromatic nitrogens is 1. The van der Waals surface area contributed by atoms with Gasteiger partial charge in [0.1, 0.15) is 0 Å². The second-order valence-electron chi connectivity index (χ2n) is 4.67. The Labute approximate surface area is 125 Å². The quantitative estimate of drug-likeness (QED) is 0.890. The third-order valence-corrected chi connectivity index (χ3v) is 4.92. The van der Waals surface area contributed by atoms with Gasteiger partial charge in [-0.1, -0.05) is 0 Å². The zero-order valence-electron chi connectivity index (χ0n) is 12.2. The van der Waals surface area contributed by atoms with Crippen LogP contribution in [0.2, 0.25) is 0 Å². The molecule has 0 fully saturated rings. The molecule has 0 aliphatic rings. The van der Waals surface area contributed by atoms with E-state index in [4.69, 9.17) is 0 Å². The fraction of sp³-hybridized carbons (Fsp3) is 0.267. The van der Waals surface area contributed by atoms with E-state index in [0.29, 0.717) is 11.4 Å². The van der Waals surface area contributed by atoms with Crippen LogP contribution in [0.1, 0.15) is 12.5 Å². The van der Waals surface area contributed by atoms with E-state index < -0.39 is 10.0 Å². The molecule has 1 aromatic carbocycles. The van der Waals surface area contributed by atoms with E-state index >= 15 is 0 Å². The van der Waals surface area contributed by atoms with Crippen LogP contribution in [-0.2, 0) is 16.6 Å². The highest BCUT2D eigenvalue weighted by Gasteiger charge is 2.20. The SMILES string of the molecule is CCNc1ccc(S(=O)(=O)N(C)Cc2ccncc2)cc1. The smallest absolute Gasteiger partial charge is 0.243 e. The van der Waals surface area contributed by atoms with Gasteiger partial charge in [-0.3, -0.25) is 4.98 Å². The molecule has 0 saturated heterocycles. The number of nitrogens with one attached hydrogen (secondary N) is 1. The first-order valence-corrected chi connectivity index (χ1v) is 8.17. The predicted molar refractivity (Wildman–Crippen MR) is 83.5 cm³/mol. The van der Waals surface area contributed by atoms with Crippen molar-refractivity contribution >= 4 is 15.7 Å². The zero-order valence-corrected chi connectivity index (χ0v) is 13.0. The van der Waals surface area contributed by atoms with Crippen molar-refractivity contribution in [1.82, 2.24) is 9.29 Å². The summed E-state index contributed by atoms with van der Waals surface area (Å²) in [4.78, 5) is 4.22. The molecule has 0 aliphatic heterocycles. The lowest BCUT2D eigenvalue weighted by Gasteiger charge is -2.17. The minimum absolute atomic E-state index is 0.292. The second-order valence-corrected chi connectivity index (χ2v) is 6.72. The Kier molecular flexibility index (Phi) is 4.93. The van der Waals surface area contributed by atoms with Gasteiger partial charge in [-0.2, -0.15) is 4.31 Å². The van der Waals surface area contributed by atoms with E-state index in [0.717, 1.165) is 17.8 Å². The van der Waals surface area contributed by atoms with Crippen molar-refractivity contribution in [3.05, 3.63) is 54.4 Å². The minimum atomic E-state index is -3.48. The minimum Gasteiger partial charge on any atom is -0.385 e. The molecule has 21 heavy (non-hydrogen) atoms. The molecule has 0 unspecified atom stereocenters. The maximum absolute atomic E-state index is 12.5. The van der Waals surface area contributed by atoms with E-state index in [1.54, 1.807) is 55.8 Å². The van der Waals surface area contributed by atoms with E-state index in [9.17, 15) is 8.42 Å². The number of pyridine rings is 1. The highest BCUT2D eigenvalue weighted by molar-refractivity contribution is 7.89. The fourth-order valence-electron chi connectivity index (χ4n) is 1.96. The first-order chi connectivity index (χ1) is 10.0. The molecule has 0 amide bonds. The average Bonchev–Trinajstić information content (AvgIpc) is 2.49. The molecular weight excluding hydrogens is 286 g/mol. The Hall–Kier alpha value is -1.92. The van der Waals surface area contributed by atoms with Gasteiger partial charge in [-0.05, 0) is 48.9 Å². The molecule has 2 aromatic rings.